The number of nitrogens with one attached hydrogen (secondary N) is 1. The predicted octanol–water partition coefficient (Wildman–Crippen LogP) is 2.42. The first kappa shape index (κ1) is 20.2. The standard InChI is InChI=1S/C18H26N4O3S/c1-10(2)14-9-12(15-11(3)21-22(4)16(15)19-14)17(23)20-13(7-8-26-6)18(24)25-5/h9-10,13H,7-8H2,1-6H3,(H,20,23). The van der Waals surface area contributed by atoms with Crippen LogP contribution in [0, 0.1) is 6.92 Å². The number of carbonyl (C=O) groups is 2. The average molecular weight is 378 g/mol. The molecule has 2 aromatic heterocycles. The molecule has 1 N–H and O–H groups in total. The molecule has 0 saturated carbocycles. The van der Waals surface area contributed by atoms with E-state index in [1.165, 1.54) is 7.11 Å². The summed E-state index contributed by atoms with van der Waals surface area (Å²) in [5.41, 5.74) is 2.69. The SMILES string of the molecule is COC(=O)C(CCSC)NC(=O)c1cc(C(C)C)nc2c1c(C)nn2C. The summed E-state index contributed by atoms with van der Waals surface area (Å²) >= 11 is 1.61. The van der Waals surface area contributed by atoms with Gasteiger partial charge < -0.3 is 10.1 Å². The quantitative estimate of drug-likeness (QED) is 0.745. The van der Waals surface area contributed by atoms with Crippen molar-refractivity contribution in [1.29, 1.82) is 0 Å². The molecule has 0 aliphatic carbocycles. The van der Waals surface area contributed by atoms with Gasteiger partial charge in [-0.05, 0) is 37.3 Å². The summed E-state index contributed by atoms with van der Waals surface area (Å²) in [7, 11) is 3.14. The van der Waals surface area contributed by atoms with E-state index in [2.05, 4.69) is 15.4 Å². The summed E-state index contributed by atoms with van der Waals surface area (Å²) in [6.07, 6.45) is 2.47. The van der Waals surface area contributed by atoms with E-state index in [0.717, 1.165) is 17.1 Å². The molecule has 0 aromatic carbocycles. The molecule has 7 nitrogen and oxygen atoms in total. The summed E-state index contributed by atoms with van der Waals surface area (Å²) < 4.78 is 6.51. The third kappa shape index (κ3) is 4.17. The maximum absolute atomic E-state index is 13.0. The molecule has 0 saturated heterocycles. The van der Waals surface area contributed by atoms with Crippen molar-refractivity contribution in [1.82, 2.24) is 20.1 Å². The Morgan fingerprint density at radius 3 is 2.65 bits per heavy atom. The van der Waals surface area contributed by atoms with Crippen molar-refractivity contribution in [3.63, 3.8) is 0 Å². The van der Waals surface area contributed by atoms with E-state index in [4.69, 9.17) is 4.74 Å². The number of fused-ring (bicyclic) bond motifs is 1. The molecule has 1 unspecified atom stereocenters. The molecule has 26 heavy (non-hydrogen) atoms. The third-order valence-corrected chi connectivity index (χ3v) is 4.87. The van der Waals surface area contributed by atoms with Crippen molar-refractivity contribution < 1.29 is 14.3 Å². The minimum atomic E-state index is -0.678. The zero-order chi connectivity index (χ0) is 19.4. The van der Waals surface area contributed by atoms with E-state index in [1.54, 1.807) is 22.5 Å². The molecule has 1 atom stereocenters. The number of carbonyl (C=O) groups excluding carboxylic acids is 2. The molecule has 0 aliphatic heterocycles. The van der Waals surface area contributed by atoms with E-state index < -0.39 is 12.0 Å². The van der Waals surface area contributed by atoms with E-state index >= 15 is 0 Å². The van der Waals surface area contributed by atoms with Crippen molar-refractivity contribution in [2.45, 2.75) is 39.2 Å². The number of thioether (sulfide) groups is 1. The Kier molecular flexibility index (Phi) is 6.63. The van der Waals surface area contributed by atoms with Gasteiger partial charge in [0, 0.05) is 12.7 Å². The number of hydrogen-bond donors (Lipinski definition) is 1. The highest BCUT2D eigenvalue weighted by Gasteiger charge is 2.25. The highest BCUT2D eigenvalue weighted by Crippen LogP contribution is 2.25. The minimum absolute atomic E-state index is 0.161. The lowest BCUT2D eigenvalue weighted by atomic mass is 10.0. The third-order valence-electron chi connectivity index (χ3n) is 4.23. The topological polar surface area (TPSA) is 86.1 Å². The first-order valence-corrected chi connectivity index (χ1v) is 9.91. The fourth-order valence-electron chi connectivity index (χ4n) is 2.80. The van der Waals surface area contributed by atoms with Crippen LogP contribution in [0.1, 0.15) is 47.9 Å². The lowest BCUT2D eigenvalue weighted by Crippen LogP contribution is -2.42. The van der Waals surface area contributed by atoms with Crippen molar-refractivity contribution >= 4 is 34.7 Å². The van der Waals surface area contributed by atoms with Gasteiger partial charge >= 0.3 is 5.97 Å². The van der Waals surface area contributed by atoms with Gasteiger partial charge in [-0.15, -0.1) is 0 Å². The molecule has 8 heteroatoms. The molecule has 1 amide bonds. The second kappa shape index (κ2) is 8.53. The second-order valence-corrected chi connectivity index (χ2v) is 7.47. The molecule has 0 fully saturated rings. The number of aryl methyl sites for hydroxylation is 2. The Bertz CT molecular complexity index is 816. The van der Waals surface area contributed by atoms with Gasteiger partial charge in [0.25, 0.3) is 5.91 Å². The van der Waals surface area contributed by atoms with Gasteiger partial charge in [0.1, 0.15) is 6.04 Å². The number of aromatic nitrogens is 3. The molecule has 0 spiro atoms. The monoisotopic (exact) mass is 378 g/mol. The second-order valence-electron chi connectivity index (χ2n) is 6.49. The van der Waals surface area contributed by atoms with Crippen LogP contribution in [0.3, 0.4) is 0 Å². The normalized spacial score (nSPS) is 12.4. The molecular weight excluding hydrogens is 352 g/mol. The van der Waals surface area contributed by atoms with Crippen molar-refractivity contribution in [2.75, 3.05) is 19.1 Å². The van der Waals surface area contributed by atoms with Crippen molar-refractivity contribution in [2.24, 2.45) is 7.05 Å². The summed E-state index contributed by atoms with van der Waals surface area (Å²) in [4.78, 5) is 29.7. The number of nitrogens with zero attached hydrogens (tertiary/aromatic N) is 3. The Balaban J connectivity index is 2.46. The molecule has 0 aliphatic rings. The maximum atomic E-state index is 13.0. The summed E-state index contributed by atoms with van der Waals surface area (Å²) in [6, 6.07) is 1.11. The Hall–Kier alpha value is -2.09. The van der Waals surface area contributed by atoms with Gasteiger partial charge in [-0.2, -0.15) is 16.9 Å². The van der Waals surface area contributed by atoms with Crippen LogP contribution in [-0.2, 0) is 16.6 Å². The number of methoxy groups -OCH3 is 1. The number of pyridine rings is 1. The first-order valence-electron chi connectivity index (χ1n) is 8.52. The molecule has 142 valence electrons. The van der Waals surface area contributed by atoms with Crippen LogP contribution in [-0.4, -0.2) is 51.8 Å². The molecule has 2 rings (SSSR count). The highest BCUT2D eigenvalue weighted by molar-refractivity contribution is 7.98. The number of rotatable bonds is 7. The Morgan fingerprint density at radius 1 is 1.38 bits per heavy atom. The molecule has 2 aromatic rings. The van der Waals surface area contributed by atoms with Crippen LogP contribution in [0.2, 0.25) is 0 Å². The fraction of sp³-hybridized carbons (Fsp3) is 0.556. The number of amides is 1. The van der Waals surface area contributed by atoms with Crippen LogP contribution in [0.5, 0.6) is 0 Å². The Labute approximate surface area is 157 Å². The van der Waals surface area contributed by atoms with Crippen LogP contribution in [0.25, 0.3) is 11.0 Å². The van der Waals surface area contributed by atoms with Crippen LogP contribution in [0.15, 0.2) is 6.07 Å². The van der Waals surface area contributed by atoms with Gasteiger partial charge in [0.15, 0.2) is 5.65 Å². The lowest BCUT2D eigenvalue weighted by Gasteiger charge is -2.17. The Morgan fingerprint density at radius 2 is 2.08 bits per heavy atom. The van der Waals surface area contributed by atoms with E-state index in [-0.39, 0.29) is 11.8 Å². The van der Waals surface area contributed by atoms with E-state index in [0.29, 0.717) is 23.0 Å². The van der Waals surface area contributed by atoms with E-state index in [9.17, 15) is 9.59 Å². The molecule has 0 bridgehead atoms. The molecular formula is C18H26N4O3S. The molecule has 2 heterocycles. The number of esters is 1. The van der Waals surface area contributed by atoms with Gasteiger partial charge in [-0.3, -0.25) is 9.48 Å². The smallest absolute Gasteiger partial charge is 0.328 e. The summed E-state index contributed by atoms with van der Waals surface area (Å²) in [5.74, 6) is 0.153. The van der Waals surface area contributed by atoms with Crippen LogP contribution >= 0.6 is 11.8 Å². The molecule has 0 radical (unpaired) electrons. The number of hydrogen-bond acceptors (Lipinski definition) is 6. The predicted molar refractivity (Wildman–Crippen MR) is 104 cm³/mol. The van der Waals surface area contributed by atoms with Gasteiger partial charge in [-0.1, -0.05) is 13.8 Å². The minimum Gasteiger partial charge on any atom is -0.467 e. The summed E-state index contributed by atoms with van der Waals surface area (Å²) in [6.45, 7) is 5.89. The van der Waals surface area contributed by atoms with Crippen LogP contribution < -0.4 is 5.32 Å². The van der Waals surface area contributed by atoms with Gasteiger partial charge in [0.05, 0.1) is 23.8 Å². The van der Waals surface area contributed by atoms with E-state index in [1.807, 2.05) is 34.1 Å². The lowest BCUT2D eigenvalue weighted by molar-refractivity contribution is -0.142. The van der Waals surface area contributed by atoms with Crippen molar-refractivity contribution in [3.8, 4) is 0 Å². The van der Waals surface area contributed by atoms with Crippen molar-refractivity contribution in [3.05, 3.63) is 23.0 Å². The number of ether oxygens (including phenoxy) is 1. The maximum Gasteiger partial charge on any atom is 0.328 e. The van der Waals surface area contributed by atoms with Gasteiger partial charge in [-0.25, -0.2) is 9.78 Å². The zero-order valence-electron chi connectivity index (χ0n) is 16.1. The van der Waals surface area contributed by atoms with Crippen LogP contribution in [0.4, 0.5) is 0 Å². The highest BCUT2D eigenvalue weighted by atomic mass is 32.2. The van der Waals surface area contributed by atoms with Gasteiger partial charge in [0.2, 0.25) is 0 Å². The zero-order valence-corrected chi connectivity index (χ0v) is 16.9. The fourth-order valence-corrected chi connectivity index (χ4v) is 3.27. The summed E-state index contributed by atoms with van der Waals surface area (Å²) in [5, 5.41) is 7.93. The first-order chi connectivity index (χ1) is 12.3. The average Bonchev–Trinajstić information content (AvgIpc) is 2.91. The largest absolute Gasteiger partial charge is 0.467 e.